The van der Waals surface area contributed by atoms with Gasteiger partial charge < -0.3 is 10.8 Å². The van der Waals surface area contributed by atoms with Crippen molar-refractivity contribution in [1.82, 2.24) is 0 Å². The first-order valence-electron chi connectivity index (χ1n) is 5.24. The van der Waals surface area contributed by atoms with Gasteiger partial charge in [0.25, 0.3) is 0 Å². The molecule has 1 saturated carbocycles. The standard InChI is InChI=1S/C12H17NO/c13-11-6-8-12(14,9-7-11)10-4-2-1-3-5-10/h1-5,11,14H,6-9,13H2. The van der Waals surface area contributed by atoms with Crippen LogP contribution in [0.4, 0.5) is 0 Å². The molecule has 1 aliphatic rings. The molecule has 0 amide bonds. The third-order valence-electron chi connectivity index (χ3n) is 3.17. The molecule has 0 radical (unpaired) electrons. The molecular formula is C12H17NO. The molecule has 1 aromatic rings. The Hall–Kier alpha value is -0.860. The summed E-state index contributed by atoms with van der Waals surface area (Å²) < 4.78 is 0. The molecule has 2 rings (SSSR count). The Bertz CT molecular complexity index is 288. The molecule has 1 fully saturated rings. The zero-order valence-corrected chi connectivity index (χ0v) is 8.32. The van der Waals surface area contributed by atoms with Crippen molar-refractivity contribution in [2.45, 2.75) is 37.3 Å². The molecule has 0 saturated heterocycles. The van der Waals surface area contributed by atoms with Crippen LogP contribution in [0.1, 0.15) is 31.2 Å². The van der Waals surface area contributed by atoms with E-state index in [2.05, 4.69) is 0 Å². The number of nitrogens with two attached hydrogens (primary N) is 1. The highest BCUT2D eigenvalue weighted by atomic mass is 16.3. The topological polar surface area (TPSA) is 46.2 Å². The largest absolute Gasteiger partial charge is 0.385 e. The van der Waals surface area contributed by atoms with Gasteiger partial charge in [-0.1, -0.05) is 30.3 Å². The Morgan fingerprint density at radius 3 is 2.29 bits per heavy atom. The van der Waals surface area contributed by atoms with Crippen LogP contribution in [-0.2, 0) is 5.60 Å². The van der Waals surface area contributed by atoms with E-state index in [9.17, 15) is 5.11 Å². The third kappa shape index (κ3) is 1.81. The summed E-state index contributed by atoms with van der Waals surface area (Å²) in [5, 5.41) is 10.4. The van der Waals surface area contributed by atoms with Crippen molar-refractivity contribution in [3.8, 4) is 0 Å². The van der Waals surface area contributed by atoms with E-state index in [0.29, 0.717) is 0 Å². The highest BCUT2D eigenvalue weighted by Gasteiger charge is 2.33. The van der Waals surface area contributed by atoms with Crippen molar-refractivity contribution in [3.05, 3.63) is 35.9 Å². The van der Waals surface area contributed by atoms with Gasteiger partial charge in [-0.2, -0.15) is 0 Å². The Morgan fingerprint density at radius 1 is 1.14 bits per heavy atom. The molecule has 1 aliphatic carbocycles. The van der Waals surface area contributed by atoms with Gasteiger partial charge in [0.2, 0.25) is 0 Å². The molecule has 1 aromatic carbocycles. The second kappa shape index (κ2) is 3.71. The van der Waals surface area contributed by atoms with Crippen molar-refractivity contribution >= 4 is 0 Å². The van der Waals surface area contributed by atoms with Crippen LogP contribution in [0.2, 0.25) is 0 Å². The highest BCUT2D eigenvalue weighted by Crippen LogP contribution is 2.36. The summed E-state index contributed by atoms with van der Waals surface area (Å²) in [6.45, 7) is 0. The molecule has 0 bridgehead atoms. The maximum absolute atomic E-state index is 10.4. The minimum Gasteiger partial charge on any atom is -0.385 e. The minimum atomic E-state index is -0.628. The Kier molecular flexibility index (Phi) is 2.57. The average molecular weight is 191 g/mol. The lowest BCUT2D eigenvalue weighted by Gasteiger charge is -2.35. The number of hydrogen-bond donors (Lipinski definition) is 2. The molecule has 0 heterocycles. The lowest BCUT2D eigenvalue weighted by molar-refractivity contribution is -0.00495. The summed E-state index contributed by atoms with van der Waals surface area (Å²) in [5.41, 5.74) is 6.23. The molecular weight excluding hydrogens is 174 g/mol. The first-order chi connectivity index (χ1) is 6.71. The number of hydrogen-bond acceptors (Lipinski definition) is 2. The van der Waals surface area contributed by atoms with Crippen molar-refractivity contribution in [1.29, 1.82) is 0 Å². The van der Waals surface area contributed by atoms with Crippen LogP contribution in [0.15, 0.2) is 30.3 Å². The molecule has 0 aromatic heterocycles. The Balaban J connectivity index is 2.17. The van der Waals surface area contributed by atoms with Gasteiger partial charge in [-0.15, -0.1) is 0 Å². The van der Waals surface area contributed by atoms with Crippen molar-refractivity contribution in [2.24, 2.45) is 5.73 Å². The van der Waals surface area contributed by atoms with Crippen LogP contribution in [-0.4, -0.2) is 11.1 Å². The molecule has 76 valence electrons. The predicted molar refractivity (Wildman–Crippen MR) is 56.8 cm³/mol. The van der Waals surface area contributed by atoms with Gasteiger partial charge >= 0.3 is 0 Å². The summed E-state index contributed by atoms with van der Waals surface area (Å²) in [5.74, 6) is 0. The van der Waals surface area contributed by atoms with Crippen molar-refractivity contribution < 1.29 is 5.11 Å². The van der Waals surface area contributed by atoms with E-state index in [1.807, 2.05) is 30.3 Å². The van der Waals surface area contributed by atoms with Crippen molar-refractivity contribution in [2.75, 3.05) is 0 Å². The molecule has 0 unspecified atom stereocenters. The lowest BCUT2D eigenvalue weighted by atomic mass is 9.78. The van der Waals surface area contributed by atoms with E-state index in [1.54, 1.807) is 0 Å². The normalized spacial score (nSPS) is 32.9. The summed E-state index contributed by atoms with van der Waals surface area (Å²) in [7, 11) is 0. The monoisotopic (exact) mass is 191 g/mol. The van der Waals surface area contributed by atoms with E-state index in [0.717, 1.165) is 31.2 Å². The van der Waals surface area contributed by atoms with Crippen LogP contribution in [0.3, 0.4) is 0 Å². The van der Waals surface area contributed by atoms with Crippen molar-refractivity contribution in [3.63, 3.8) is 0 Å². The summed E-state index contributed by atoms with van der Waals surface area (Å²) in [4.78, 5) is 0. The van der Waals surface area contributed by atoms with E-state index >= 15 is 0 Å². The molecule has 14 heavy (non-hydrogen) atoms. The Labute approximate surface area is 84.7 Å². The molecule has 3 N–H and O–H groups in total. The second-order valence-electron chi connectivity index (χ2n) is 4.24. The van der Waals surface area contributed by atoms with Crippen LogP contribution >= 0.6 is 0 Å². The fourth-order valence-corrected chi connectivity index (χ4v) is 2.15. The molecule has 0 spiro atoms. The predicted octanol–water partition coefficient (Wildman–Crippen LogP) is 1.78. The maximum atomic E-state index is 10.4. The minimum absolute atomic E-state index is 0.277. The van der Waals surface area contributed by atoms with Crippen LogP contribution in [0, 0.1) is 0 Å². The number of rotatable bonds is 1. The van der Waals surface area contributed by atoms with E-state index in [-0.39, 0.29) is 6.04 Å². The van der Waals surface area contributed by atoms with Gasteiger partial charge in [0.1, 0.15) is 0 Å². The maximum Gasteiger partial charge on any atom is 0.0897 e. The zero-order valence-electron chi connectivity index (χ0n) is 8.32. The van der Waals surface area contributed by atoms with Crippen LogP contribution in [0.25, 0.3) is 0 Å². The van der Waals surface area contributed by atoms with Gasteiger partial charge in [-0.05, 0) is 31.2 Å². The average Bonchev–Trinajstić information content (AvgIpc) is 2.24. The van der Waals surface area contributed by atoms with Gasteiger partial charge in [-0.3, -0.25) is 0 Å². The zero-order chi connectivity index (χ0) is 10.0. The fraction of sp³-hybridized carbons (Fsp3) is 0.500. The number of aliphatic hydroxyl groups is 1. The summed E-state index contributed by atoms with van der Waals surface area (Å²) >= 11 is 0. The molecule has 2 heteroatoms. The lowest BCUT2D eigenvalue weighted by Crippen LogP contribution is -2.36. The first-order valence-corrected chi connectivity index (χ1v) is 5.24. The Morgan fingerprint density at radius 2 is 1.71 bits per heavy atom. The number of benzene rings is 1. The van der Waals surface area contributed by atoms with E-state index in [4.69, 9.17) is 5.73 Å². The molecule has 0 atom stereocenters. The van der Waals surface area contributed by atoms with Gasteiger partial charge in [0.15, 0.2) is 0 Å². The summed E-state index contributed by atoms with van der Waals surface area (Å²) in [6.07, 6.45) is 3.42. The van der Waals surface area contributed by atoms with Gasteiger partial charge in [0.05, 0.1) is 5.60 Å². The SMILES string of the molecule is NC1CCC(O)(c2ccccc2)CC1. The van der Waals surface area contributed by atoms with Crippen LogP contribution < -0.4 is 5.73 Å². The third-order valence-corrected chi connectivity index (χ3v) is 3.17. The highest BCUT2D eigenvalue weighted by molar-refractivity contribution is 5.22. The second-order valence-corrected chi connectivity index (χ2v) is 4.24. The summed E-state index contributed by atoms with van der Waals surface area (Å²) in [6, 6.07) is 10.2. The van der Waals surface area contributed by atoms with Gasteiger partial charge in [0, 0.05) is 6.04 Å². The van der Waals surface area contributed by atoms with Crippen LogP contribution in [0.5, 0.6) is 0 Å². The fourth-order valence-electron chi connectivity index (χ4n) is 2.15. The van der Waals surface area contributed by atoms with E-state index < -0.39 is 5.60 Å². The molecule has 2 nitrogen and oxygen atoms in total. The van der Waals surface area contributed by atoms with Gasteiger partial charge in [-0.25, -0.2) is 0 Å². The smallest absolute Gasteiger partial charge is 0.0897 e. The quantitative estimate of drug-likeness (QED) is 0.710. The van der Waals surface area contributed by atoms with E-state index in [1.165, 1.54) is 0 Å². The first kappa shape index (κ1) is 9.69. The molecule has 0 aliphatic heterocycles.